The number of para-hydroxylation sites is 1. The average Bonchev–Trinajstić information content (AvgIpc) is 3.27. The molecular formula is C16H13N5O2S. The molecule has 0 atom stereocenters. The molecule has 7 nitrogen and oxygen atoms in total. The number of rotatable bonds is 4. The van der Waals surface area contributed by atoms with Crippen LogP contribution in [0.1, 0.15) is 10.5 Å². The highest BCUT2D eigenvalue weighted by Crippen LogP contribution is 2.21. The van der Waals surface area contributed by atoms with Gasteiger partial charge in [0.2, 0.25) is 5.78 Å². The Morgan fingerprint density at radius 2 is 2.04 bits per heavy atom. The first-order valence-electron chi connectivity index (χ1n) is 7.29. The van der Waals surface area contributed by atoms with Crippen LogP contribution in [-0.4, -0.2) is 35.7 Å². The van der Waals surface area contributed by atoms with E-state index >= 15 is 0 Å². The summed E-state index contributed by atoms with van der Waals surface area (Å²) in [5.74, 6) is 0.669. The van der Waals surface area contributed by atoms with Gasteiger partial charge in [0.05, 0.1) is 22.3 Å². The molecule has 0 bridgehead atoms. The number of hydrogen-bond acceptors (Lipinski definition) is 5. The van der Waals surface area contributed by atoms with Gasteiger partial charge >= 0.3 is 0 Å². The first-order valence-corrected chi connectivity index (χ1v) is 8.27. The first kappa shape index (κ1) is 14.7. The van der Waals surface area contributed by atoms with E-state index in [0.717, 1.165) is 5.52 Å². The smallest absolute Gasteiger partial charge is 0.262 e. The molecule has 1 N–H and O–H groups in total. The maximum Gasteiger partial charge on any atom is 0.262 e. The van der Waals surface area contributed by atoms with E-state index in [1.54, 1.807) is 31.4 Å². The van der Waals surface area contributed by atoms with Crippen LogP contribution in [0, 0.1) is 0 Å². The second-order valence-corrected chi connectivity index (χ2v) is 6.24. The van der Waals surface area contributed by atoms with Crippen LogP contribution in [0.2, 0.25) is 0 Å². The molecule has 0 radical (unpaired) electrons. The van der Waals surface area contributed by atoms with Crippen molar-refractivity contribution in [2.75, 3.05) is 5.75 Å². The highest BCUT2D eigenvalue weighted by atomic mass is 32.2. The number of H-pyrrole nitrogens is 1. The summed E-state index contributed by atoms with van der Waals surface area (Å²) in [7, 11) is 1.66. The minimum absolute atomic E-state index is 0.0177. The predicted octanol–water partition coefficient (Wildman–Crippen LogP) is 1.88. The maximum absolute atomic E-state index is 12.4. The summed E-state index contributed by atoms with van der Waals surface area (Å²) in [6, 6.07) is 10.8. The number of nitrogens with one attached hydrogen (secondary N) is 1. The third-order valence-electron chi connectivity index (χ3n) is 3.83. The third-order valence-corrected chi connectivity index (χ3v) is 4.76. The van der Waals surface area contributed by atoms with E-state index in [0.29, 0.717) is 22.0 Å². The molecule has 0 saturated carbocycles. The van der Waals surface area contributed by atoms with Crippen molar-refractivity contribution in [2.45, 2.75) is 5.16 Å². The zero-order valence-electron chi connectivity index (χ0n) is 12.8. The average molecular weight is 339 g/mol. The molecular weight excluding hydrogens is 326 g/mol. The molecule has 0 unspecified atom stereocenters. The highest BCUT2D eigenvalue weighted by Gasteiger charge is 2.16. The van der Waals surface area contributed by atoms with Crippen molar-refractivity contribution in [3.8, 4) is 0 Å². The van der Waals surface area contributed by atoms with E-state index in [9.17, 15) is 9.59 Å². The molecule has 0 saturated heterocycles. The van der Waals surface area contributed by atoms with Gasteiger partial charge in [-0.25, -0.2) is 0 Å². The molecule has 24 heavy (non-hydrogen) atoms. The molecule has 1 aromatic carbocycles. The van der Waals surface area contributed by atoms with Crippen LogP contribution in [0.4, 0.5) is 0 Å². The van der Waals surface area contributed by atoms with Gasteiger partial charge in [0.25, 0.3) is 5.56 Å². The molecule has 0 amide bonds. The lowest BCUT2D eigenvalue weighted by molar-refractivity contribution is 0.101. The molecule has 3 aromatic heterocycles. The van der Waals surface area contributed by atoms with Gasteiger partial charge in [0, 0.05) is 13.2 Å². The summed E-state index contributed by atoms with van der Waals surface area (Å²) in [5, 5.41) is 9.43. The number of aromatic nitrogens is 5. The van der Waals surface area contributed by atoms with Gasteiger partial charge in [-0.05, 0) is 24.3 Å². The summed E-state index contributed by atoms with van der Waals surface area (Å²) in [6.07, 6.45) is 1.72. The van der Waals surface area contributed by atoms with E-state index < -0.39 is 0 Å². The fourth-order valence-corrected chi connectivity index (χ4v) is 3.44. The normalized spacial score (nSPS) is 11.4. The van der Waals surface area contributed by atoms with Crippen molar-refractivity contribution >= 4 is 34.2 Å². The van der Waals surface area contributed by atoms with Crippen molar-refractivity contribution in [3.63, 3.8) is 0 Å². The number of aromatic amines is 1. The molecule has 8 heteroatoms. The number of hydrogen-bond donors (Lipinski definition) is 1. The number of Topliss-reactive ketones (excluding diaryl/α,β-unsaturated/α-hetero) is 1. The molecule has 0 aliphatic rings. The van der Waals surface area contributed by atoms with Gasteiger partial charge in [0.15, 0.2) is 10.9 Å². The molecule has 4 aromatic rings. The lowest BCUT2D eigenvalue weighted by Crippen LogP contribution is -2.20. The Kier molecular flexibility index (Phi) is 3.46. The van der Waals surface area contributed by atoms with Gasteiger partial charge in [-0.15, -0.1) is 10.2 Å². The van der Waals surface area contributed by atoms with Gasteiger partial charge in [-0.3, -0.25) is 18.6 Å². The van der Waals surface area contributed by atoms with Gasteiger partial charge in [-0.1, -0.05) is 23.9 Å². The standard InChI is InChI=1S/C16H13N5O2S/c1-20-14(23)10-5-2-3-7-12(10)21-15(20)18-19-16(21)24-9-13(22)11-6-4-8-17-11/h2-8,17H,9H2,1H3. The number of ketones is 1. The van der Waals surface area contributed by atoms with Crippen molar-refractivity contribution in [3.05, 3.63) is 58.6 Å². The van der Waals surface area contributed by atoms with Crippen molar-refractivity contribution in [1.29, 1.82) is 0 Å². The first-order chi connectivity index (χ1) is 11.7. The summed E-state index contributed by atoms with van der Waals surface area (Å²) in [4.78, 5) is 27.4. The molecule has 0 spiro atoms. The lowest BCUT2D eigenvalue weighted by Gasteiger charge is -2.07. The molecule has 4 rings (SSSR count). The van der Waals surface area contributed by atoms with E-state index in [4.69, 9.17) is 0 Å². The van der Waals surface area contributed by atoms with E-state index in [2.05, 4.69) is 15.2 Å². The van der Waals surface area contributed by atoms with E-state index in [-0.39, 0.29) is 17.1 Å². The van der Waals surface area contributed by atoms with Crippen LogP contribution >= 0.6 is 11.8 Å². The maximum atomic E-state index is 12.4. The fraction of sp³-hybridized carbons (Fsp3) is 0.125. The molecule has 0 aliphatic heterocycles. The zero-order valence-corrected chi connectivity index (χ0v) is 13.6. The Morgan fingerprint density at radius 3 is 2.83 bits per heavy atom. The van der Waals surface area contributed by atoms with Crippen LogP contribution < -0.4 is 5.56 Å². The summed E-state index contributed by atoms with van der Waals surface area (Å²) in [6.45, 7) is 0. The Hall–Kier alpha value is -2.87. The molecule has 120 valence electrons. The number of nitrogens with zero attached hydrogens (tertiary/aromatic N) is 4. The number of aryl methyl sites for hydroxylation is 1. The highest BCUT2D eigenvalue weighted by molar-refractivity contribution is 7.99. The van der Waals surface area contributed by atoms with Gasteiger partial charge in [0.1, 0.15) is 0 Å². The second kappa shape index (κ2) is 5.64. The summed E-state index contributed by atoms with van der Waals surface area (Å²) in [5.41, 5.74) is 1.17. The Morgan fingerprint density at radius 1 is 1.21 bits per heavy atom. The van der Waals surface area contributed by atoms with Crippen LogP contribution in [0.5, 0.6) is 0 Å². The Bertz CT molecular complexity index is 1110. The lowest BCUT2D eigenvalue weighted by atomic mass is 10.2. The second-order valence-electron chi connectivity index (χ2n) is 5.29. The van der Waals surface area contributed by atoms with Gasteiger partial charge < -0.3 is 4.98 Å². The van der Waals surface area contributed by atoms with Crippen molar-refractivity contribution in [2.24, 2.45) is 7.05 Å². The number of fused-ring (bicyclic) bond motifs is 3. The third kappa shape index (κ3) is 2.23. The van der Waals surface area contributed by atoms with E-state index in [1.165, 1.54) is 16.3 Å². The van der Waals surface area contributed by atoms with Crippen molar-refractivity contribution < 1.29 is 4.79 Å². The van der Waals surface area contributed by atoms with Crippen LogP contribution in [0.3, 0.4) is 0 Å². The van der Waals surface area contributed by atoms with Crippen molar-refractivity contribution in [1.82, 2.24) is 24.1 Å². The quantitative estimate of drug-likeness (QED) is 0.453. The Balaban J connectivity index is 1.80. The topological polar surface area (TPSA) is 85.0 Å². The van der Waals surface area contributed by atoms with Crippen LogP contribution in [0.15, 0.2) is 52.5 Å². The van der Waals surface area contributed by atoms with Gasteiger partial charge in [-0.2, -0.15) is 0 Å². The SMILES string of the molecule is Cn1c(=O)c2ccccc2n2c(SCC(=O)c3ccc[nH]3)nnc12. The van der Waals surface area contributed by atoms with Crippen LogP contribution in [0.25, 0.3) is 16.7 Å². The minimum Gasteiger partial charge on any atom is -0.359 e. The predicted molar refractivity (Wildman–Crippen MR) is 91.6 cm³/mol. The fourth-order valence-electron chi connectivity index (χ4n) is 2.62. The number of carbonyl (C=O) groups is 1. The Labute approximate surface area is 140 Å². The summed E-state index contributed by atoms with van der Waals surface area (Å²) < 4.78 is 3.27. The largest absolute Gasteiger partial charge is 0.359 e. The zero-order chi connectivity index (χ0) is 16.7. The van der Waals surface area contributed by atoms with E-state index in [1.807, 2.05) is 22.6 Å². The monoisotopic (exact) mass is 339 g/mol. The number of carbonyl (C=O) groups excluding carboxylic acids is 1. The molecule has 0 fully saturated rings. The van der Waals surface area contributed by atoms with Crippen LogP contribution in [-0.2, 0) is 7.05 Å². The number of thioether (sulfide) groups is 1. The minimum atomic E-state index is -0.121. The molecule has 3 heterocycles. The summed E-state index contributed by atoms with van der Waals surface area (Å²) >= 11 is 1.30. The molecule has 0 aliphatic carbocycles. The number of benzene rings is 1.